The molecule has 3 nitrogen and oxygen atoms in total. The van der Waals surface area contributed by atoms with E-state index >= 15 is 0 Å². The smallest absolute Gasteiger partial charge is 0.154 e. The lowest BCUT2D eigenvalue weighted by Crippen LogP contribution is -2.50. The van der Waals surface area contributed by atoms with Crippen LogP contribution in [0.1, 0.15) is 60.8 Å². The Labute approximate surface area is 125 Å². The monoisotopic (exact) mass is 303 g/mol. The molecule has 4 heteroatoms. The van der Waals surface area contributed by atoms with Gasteiger partial charge in [0.15, 0.2) is 9.84 Å². The molecule has 120 valence electrons. The molecule has 3 atom stereocenters. The molecule has 3 unspecified atom stereocenters. The predicted molar refractivity (Wildman–Crippen MR) is 86.7 cm³/mol. The van der Waals surface area contributed by atoms with Crippen molar-refractivity contribution in [1.82, 2.24) is 5.32 Å². The van der Waals surface area contributed by atoms with Crippen molar-refractivity contribution in [3.63, 3.8) is 0 Å². The van der Waals surface area contributed by atoms with E-state index < -0.39 is 9.84 Å². The van der Waals surface area contributed by atoms with Crippen LogP contribution in [0.5, 0.6) is 0 Å². The minimum absolute atomic E-state index is 0.141. The van der Waals surface area contributed by atoms with Gasteiger partial charge in [0.2, 0.25) is 0 Å². The summed E-state index contributed by atoms with van der Waals surface area (Å²) in [5, 5.41) is 3.20. The van der Waals surface area contributed by atoms with E-state index in [1.807, 2.05) is 13.8 Å². The van der Waals surface area contributed by atoms with Crippen LogP contribution in [0.15, 0.2) is 0 Å². The predicted octanol–water partition coefficient (Wildman–Crippen LogP) is 3.25. The van der Waals surface area contributed by atoms with Crippen LogP contribution in [-0.2, 0) is 9.84 Å². The third-order valence-corrected chi connectivity index (χ3v) is 7.08. The molecule has 1 N–H and O–H groups in total. The van der Waals surface area contributed by atoms with Gasteiger partial charge in [0.25, 0.3) is 0 Å². The molecule has 1 fully saturated rings. The molecular weight excluding hydrogens is 270 g/mol. The average molecular weight is 304 g/mol. The Kier molecular flexibility index (Phi) is 6.09. The van der Waals surface area contributed by atoms with E-state index in [0.29, 0.717) is 11.7 Å². The molecule has 0 aromatic carbocycles. The standard InChI is InChI=1S/C16H33NO2S/c1-7-17-14-9-8-13(16(4,5)6)10-15(14)20(18,19)11-12(2)3/h12-15,17H,7-11H2,1-6H3. The molecule has 1 aliphatic rings. The summed E-state index contributed by atoms with van der Waals surface area (Å²) < 4.78 is 25.4. The van der Waals surface area contributed by atoms with Gasteiger partial charge in [-0.15, -0.1) is 0 Å². The summed E-state index contributed by atoms with van der Waals surface area (Å²) in [6.45, 7) is 13.6. The van der Waals surface area contributed by atoms with Gasteiger partial charge in [0, 0.05) is 6.04 Å². The van der Waals surface area contributed by atoms with Crippen LogP contribution in [0.3, 0.4) is 0 Å². The maximum atomic E-state index is 12.7. The normalized spacial score (nSPS) is 28.9. The summed E-state index contributed by atoms with van der Waals surface area (Å²) >= 11 is 0. The van der Waals surface area contributed by atoms with Crippen molar-refractivity contribution in [1.29, 1.82) is 0 Å². The average Bonchev–Trinajstić information content (AvgIpc) is 2.26. The lowest BCUT2D eigenvalue weighted by Gasteiger charge is -2.42. The molecule has 1 saturated carbocycles. The summed E-state index contributed by atoms with van der Waals surface area (Å²) in [7, 11) is -3.01. The Bertz CT molecular complexity index is 395. The fourth-order valence-corrected chi connectivity index (χ4v) is 5.83. The largest absolute Gasteiger partial charge is 0.313 e. The van der Waals surface area contributed by atoms with Crippen LogP contribution >= 0.6 is 0 Å². The quantitative estimate of drug-likeness (QED) is 0.848. The van der Waals surface area contributed by atoms with E-state index in [2.05, 4.69) is 33.0 Å². The lowest BCUT2D eigenvalue weighted by molar-refractivity contribution is 0.162. The van der Waals surface area contributed by atoms with Crippen molar-refractivity contribution in [3.05, 3.63) is 0 Å². The van der Waals surface area contributed by atoms with Crippen LogP contribution in [0.2, 0.25) is 0 Å². The molecule has 0 aromatic heterocycles. The van der Waals surface area contributed by atoms with Crippen molar-refractivity contribution in [2.75, 3.05) is 12.3 Å². The Morgan fingerprint density at radius 1 is 1.20 bits per heavy atom. The van der Waals surface area contributed by atoms with Crippen LogP contribution < -0.4 is 5.32 Å². The molecule has 0 radical (unpaired) electrons. The van der Waals surface area contributed by atoms with Gasteiger partial charge in [-0.1, -0.05) is 41.5 Å². The van der Waals surface area contributed by atoms with Crippen LogP contribution in [0, 0.1) is 17.3 Å². The molecule has 0 heterocycles. The zero-order valence-corrected chi connectivity index (χ0v) is 14.9. The second kappa shape index (κ2) is 6.78. The Hall–Kier alpha value is -0.0900. The van der Waals surface area contributed by atoms with Gasteiger partial charge in [-0.25, -0.2) is 8.42 Å². The van der Waals surface area contributed by atoms with Crippen molar-refractivity contribution in [3.8, 4) is 0 Å². The summed E-state index contributed by atoms with van der Waals surface area (Å²) in [6.07, 6.45) is 2.93. The number of sulfone groups is 1. The second-order valence-electron chi connectivity index (χ2n) is 7.80. The molecule has 1 rings (SSSR count). The topological polar surface area (TPSA) is 46.2 Å². The van der Waals surface area contributed by atoms with Crippen LogP contribution in [-0.4, -0.2) is 32.0 Å². The van der Waals surface area contributed by atoms with Gasteiger partial charge >= 0.3 is 0 Å². The van der Waals surface area contributed by atoms with Gasteiger partial charge in [-0.05, 0) is 43.1 Å². The molecule has 0 amide bonds. The molecule has 0 bridgehead atoms. The van der Waals surface area contributed by atoms with Crippen molar-refractivity contribution >= 4 is 9.84 Å². The molecule has 0 saturated heterocycles. The van der Waals surface area contributed by atoms with Gasteiger partial charge in [-0.3, -0.25) is 0 Å². The highest BCUT2D eigenvalue weighted by molar-refractivity contribution is 7.92. The first-order chi connectivity index (χ1) is 9.08. The molecular formula is C16H33NO2S. The zero-order chi connectivity index (χ0) is 15.6. The maximum absolute atomic E-state index is 12.7. The van der Waals surface area contributed by atoms with E-state index in [4.69, 9.17) is 0 Å². The van der Waals surface area contributed by atoms with E-state index in [9.17, 15) is 8.42 Å². The van der Waals surface area contributed by atoms with Crippen LogP contribution in [0.4, 0.5) is 0 Å². The van der Waals surface area contributed by atoms with Crippen molar-refractivity contribution < 1.29 is 8.42 Å². The first-order valence-electron chi connectivity index (χ1n) is 8.02. The highest BCUT2D eigenvalue weighted by atomic mass is 32.2. The summed E-state index contributed by atoms with van der Waals surface area (Å²) in [5.74, 6) is 1.03. The van der Waals surface area contributed by atoms with E-state index in [-0.39, 0.29) is 22.6 Å². The first-order valence-corrected chi connectivity index (χ1v) is 9.74. The minimum atomic E-state index is -3.01. The van der Waals surface area contributed by atoms with Crippen molar-refractivity contribution in [2.24, 2.45) is 17.3 Å². The Morgan fingerprint density at radius 3 is 2.25 bits per heavy atom. The Balaban J connectivity index is 2.94. The number of hydrogen-bond donors (Lipinski definition) is 1. The first kappa shape index (κ1) is 18.0. The molecule has 0 spiro atoms. The fraction of sp³-hybridized carbons (Fsp3) is 1.00. The van der Waals surface area contributed by atoms with E-state index in [1.54, 1.807) is 0 Å². The zero-order valence-electron chi connectivity index (χ0n) is 14.1. The molecule has 0 aliphatic heterocycles. The summed E-state index contributed by atoms with van der Waals surface area (Å²) in [4.78, 5) is 0. The molecule has 20 heavy (non-hydrogen) atoms. The SMILES string of the molecule is CCNC1CCC(C(C)(C)C)CC1S(=O)(=O)CC(C)C. The van der Waals surface area contributed by atoms with Gasteiger partial charge in [0.1, 0.15) is 0 Å². The van der Waals surface area contributed by atoms with E-state index in [0.717, 1.165) is 25.8 Å². The summed E-state index contributed by atoms with van der Waals surface area (Å²) in [6, 6.07) is 0.141. The molecule has 1 aliphatic carbocycles. The molecule has 0 aromatic rings. The van der Waals surface area contributed by atoms with Gasteiger partial charge in [-0.2, -0.15) is 0 Å². The Morgan fingerprint density at radius 2 is 1.80 bits per heavy atom. The highest BCUT2D eigenvalue weighted by Crippen LogP contribution is 2.40. The number of nitrogens with one attached hydrogen (secondary N) is 1. The highest BCUT2D eigenvalue weighted by Gasteiger charge is 2.41. The maximum Gasteiger partial charge on any atom is 0.154 e. The summed E-state index contributed by atoms with van der Waals surface area (Å²) in [5.41, 5.74) is 0.197. The van der Waals surface area contributed by atoms with Gasteiger partial charge in [0.05, 0.1) is 11.0 Å². The third-order valence-electron chi connectivity index (χ3n) is 4.51. The number of rotatable bonds is 5. The minimum Gasteiger partial charge on any atom is -0.313 e. The number of hydrogen-bond acceptors (Lipinski definition) is 3. The second-order valence-corrected chi connectivity index (χ2v) is 10.1. The van der Waals surface area contributed by atoms with Gasteiger partial charge < -0.3 is 5.32 Å². The van der Waals surface area contributed by atoms with Crippen molar-refractivity contribution in [2.45, 2.75) is 72.1 Å². The van der Waals surface area contributed by atoms with Crippen LogP contribution in [0.25, 0.3) is 0 Å². The van der Waals surface area contributed by atoms with E-state index in [1.165, 1.54) is 0 Å². The third kappa shape index (κ3) is 4.73. The fourth-order valence-electron chi connectivity index (χ4n) is 3.40. The lowest BCUT2D eigenvalue weighted by atomic mass is 9.71.